The topological polar surface area (TPSA) is 35.5 Å². The summed E-state index contributed by atoms with van der Waals surface area (Å²) < 4.78 is 11.0. The van der Waals surface area contributed by atoms with Gasteiger partial charge < -0.3 is 9.47 Å². The third kappa shape index (κ3) is 5.61. The van der Waals surface area contributed by atoms with Crippen LogP contribution in [-0.4, -0.2) is 27.3 Å². The highest BCUT2D eigenvalue weighted by Gasteiger charge is 2.41. The Labute approximate surface area is 208 Å². The van der Waals surface area contributed by atoms with Crippen molar-refractivity contribution in [3.8, 4) is 5.75 Å². The summed E-state index contributed by atoms with van der Waals surface area (Å²) in [6.45, 7) is 4.36. The fourth-order valence-corrected chi connectivity index (χ4v) is 9.24. The second kappa shape index (κ2) is 12.0. The van der Waals surface area contributed by atoms with Crippen molar-refractivity contribution in [3.05, 3.63) is 128 Å². The largest absolute Gasteiger partial charge is 0.494 e. The lowest BCUT2D eigenvalue weighted by Crippen LogP contribution is -2.74. The van der Waals surface area contributed by atoms with Crippen LogP contribution in [-0.2, 0) is 9.53 Å². The highest BCUT2D eigenvalue weighted by atomic mass is 28.3. The van der Waals surface area contributed by atoms with Crippen LogP contribution in [0.2, 0.25) is 0 Å². The smallest absolute Gasteiger partial charge is 0.330 e. The molecule has 0 saturated carbocycles. The van der Waals surface area contributed by atoms with Gasteiger partial charge in [-0.2, -0.15) is 0 Å². The Morgan fingerprint density at radius 3 is 1.51 bits per heavy atom. The molecule has 176 valence electrons. The van der Waals surface area contributed by atoms with E-state index in [9.17, 15) is 4.79 Å². The maximum atomic E-state index is 11.1. The standard InChI is InChI=1S/C31H30O3Si/c1-2-31(32)34-25-13-12-24-33-26-20-22-30(23-21-26)35(27-14-6-3-7-15-27,28-16-8-4-9-17-28)29-18-10-5-11-19-29/h2-11,14-23H,1,12-13,24-25H2. The van der Waals surface area contributed by atoms with Crippen LogP contribution in [0.1, 0.15) is 12.8 Å². The summed E-state index contributed by atoms with van der Waals surface area (Å²) in [6, 6.07) is 41.2. The lowest BCUT2D eigenvalue weighted by molar-refractivity contribution is -0.137. The summed E-state index contributed by atoms with van der Waals surface area (Å²) in [5.41, 5.74) is 0. The average molecular weight is 479 g/mol. The Morgan fingerprint density at radius 2 is 1.06 bits per heavy atom. The normalized spacial score (nSPS) is 11.0. The molecule has 0 saturated heterocycles. The van der Waals surface area contributed by atoms with Crippen LogP contribution in [0.5, 0.6) is 5.75 Å². The van der Waals surface area contributed by atoms with E-state index in [2.05, 4.69) is 122 Å². The zero-order valence-corrected chi connectivity index (χ0v) is 20.8. The van der Waals surface area contributed by atoms with Gasteiger partial charge in [-0.1, -0.05) is 110 Å². The molecule has 0 N–H and O–H groups in total. The molecule has 3 nitrogen and oxygen atoms in total. The van der Waals surface area contributed by atoms with E-state index in [1.807, 2.05) is 0 Å². The van der Waals surface area contributed by atoms with Crippen LogP contribution in [0.15, 0.2) is 128 Å². The lowest BCUT2D eigenvalue weighted by Gasteiger charge is -2.34. The van der Waals surface area contributed by atoms with Crippen LogP contribution in [0.25, 0.3) is 0 Å². The number of hydrogen-bond acceptors (Lipinski definition) is 3. The van der Waals surface area contributed by atoms with E-state index in [4.69, 9.17) is 9.47 Å². The van der Waals surface area contributed by atoms with Crippen LogP contribution in [0.4, 0.5) is 0 Å². The van der Waals surface area contributed by atoms with Gasteiger partial charge in [0.1, 0.15) is 5.75 Å². The van der Waals surface area contributed by atoms with Crippen molar-refractivity contribution in [1.29, 1.82) is 0 Å². The molecule has 0 aliphatic heterocycles. The average Bonchev–Trinajstić information content (AvgIpc) is 2.93. The Bertz CT molecular complexity index is 1110. The number of carbonyl (C=O) groups is 1. The molecule has 4 aromatic rings. The molecule has 0 bridgehead atoms. The second-order valence-electron chi connectivity index (χ2n) is 8.30. The van der Waals surface area contributed by atoms with Crippen molar-refractivity contribution in [2.24, 2.45) is 0 Å². The van der Waals surface area contributed by atoms with E-state index >= 15 is 0 Å². The van der Waals surface area contributed by atoms with Gasteiger partial charge in [-0.3, -0.25) is 0 Å². The molecule has 0 fully saturated rings. The Balaban J connectivity index is 1.63. The van der Waals surface area contributed by atoms with Crippen LogP contribution in [0.3, 0.4) is 0 Å². The Kier molecular flexibility index (Phi) is 8.31. The van der Waals surface area contributed by atoms with E-state index in [0.717, 1.165) is 18.6 Å². The van der Waals surface area contributed by atoms with Crippen molar-refractivity contribution in [1.82, 2.24) is 0 Å². The molecule has 4 rings (SSSR count). The summed E-state index contributed by atoms with van der Waals surface area (Å²) in [6.07, 6.45) is 2.74. The first kappa shape index (κ1) is 24.2. The molecule has 4 heteroatoms. The molecule has 35 heavy (non-hydrogen) atoms. The SMILES string of the molecule is C=CC(=O)OCCCCOc1ccc([Si](c2ccccc2)(c2ccccc2)c2ccccc2)cc1. The molecule has 0 amide bonds. The molecular formula is C31H30O3Si. The number of unbranched alkanes of at least 4 members (excludes halogenated alkanes) is 1. The van der Waals surface area contributed by atoms with E-state index < -0.39 is 8.07 Å². The van der Waals surface area contributed by atoms with Crippen LogP contribution < -0.4 is 25.5 Å². The van der Waals surface area contributed by atoms with E-state index in [-0.39, 0.29) is 5.97 Å². The van der Waals surface area contributed by atoms with Gasteiger partial charge in [0.15, 0.2) is 8.07 Å². The zero-order valence-electron chi connectivity index (χ0n) is 19.8. The van der Waals surface area contributed by atoms with Gasteiger partial charge in [0.2, 0.25) is 0 Å². The van der Waals surface area contributed by atoms with Crippen molar-refractivity contribution in [2.45, 2.75) is 12.8 Å². The maximum Gasteiger partial charge on any atom is 0.330 e. The Morgan fingerprint density at radius 1 is 0.629 bits per heavy atom. The fourth-order valence-electron chi connectivity index (χ4n) is 4.49. The number of hydrogen-bond donors (Lipinski definition) is 0. The monoisotopic (exact) mass is 478 g/mol. The quantitative estimate of drug-likeness (QED) is 0.108. The molecule has 4 aromatic carbocycles. The molecule has 0 atom stereocenters. The number of ether oxygens (including phenoxy) is 2. The van der Waals surface area contributed by atoms with E-state index in [1.165, 1.54) is 26.8 Å². The molecule has 0 spiro atoms. The van der Waals surface area contributed by atoms with Crippen molar-refractivity contribution < 1.29 is 14.3 Å². The number of rotatable bonds is 11. The predicted molar refractivity (Wildman–Crippen MR) is 146 cm³/mol. The minimum Gasteiger partial charge on any atom is -0.494 e. The van der Waals surface area contributed by atoms with Crippen molar-refractivity contribution >= 4 is 34.8 Å². The predicted octanol–water partition coefficient (Wildman–Crippen LogP) is 3.95. The summed E-state index contributed by atoms with van der Waals surface area (Å²) in [5, 5.41) is 5.35. The van der Waals surface area contributed by atoms with Crippen LogP contribution >= 0.6 is 0 Å². The molecule has 0 aliphatic carbocycles. The van der Waals surface area contributed by atoms with Gasteiger partial charge in [0, 0.05) is 6.08 Å². The number of esters is 1. The summed E-state index contributed by atoms with van der Waals surface area (Å²) in [4.78, 5) is 11.1. The highest BCUT2D eigenvalue weighted by Crippen LogP contribution is 2.14. The van der Waals surface area contributed by atoms with E-state index in [0.29, 0.717) is 13.2 Å². The first-order valence-electron chi connectivity index (χ1n) is 11.9. The fraction of sp³-hybridized carbons (Fsp3) is 0.129. The molecule has 0 unspecified atom stereocenters. The molecule has 0 aliphatic rings. The third-order valence-corrected chi connectivity index (χ3v) is 10.9. The van der Waals surface area contributed by atoms with Crippen molar-refractivity contribution in [3.63, 3.8) is 0 Å². The second-order valence-corrected chi connectivity index (χ2v) is 12.1. The van der Waals surface area contributed by atoms with Crippen molar-refractivity contribution in [2.75, 3.05) is 13.2 Å². The van der Waals surface area contributed by atoms with Gasteiger partial charge >= 0.3 is 5.97 Å². The zero-order chi connectivity index (χ0) is 24.3. The highest BCUT2D eigenvalue weighted by molar-refractivity contribution is 7.19. The molecule has 0 heterocycles. The molecular weight excluding hydrogens is 448 g/mol. The van der Waals surface area contributed by atoms with Gasteiger partial charge in [0.05, 0.1) is 13.2 Å². The third-order valence-electron chi connectivity index (χ3n) is 6.13. The summed E-state index contributed by atoms with van der Waals surface area (Å²) >= 11 is 0. The first-order chi connectivity index (χ1) is 17.2. The number of benzene rings is 4. The molecule has 0 radical (unpaired) electrons. The Hall–Kier alpha value is -3.89. The minimum atomic E-state index is -2.50. The lowest BCUT2D eigenvalue weighted by atomic mass is 10.3. The maximum absolute atomic E-state index is 11.1. The summed E-state index contributed by atoms with van der Waals surface area (Å²) in [7, 11) is -2.50. The van der Waals surface area contributed by atoms with E-state index in [1.54, 1.807) is 0 Å². The van der Waals surface area contributed by atoms with Gasteiger partial charge in [-0.05, 0) is 45.7 Å². The van der Waals surface area contributed by atoms with Gasteiger partial charge in [0.25, 0.3) is 0 Å². The molecule has 0 aromatic heterocycles. The minimum absolute atomic E-state index is 0.381. The van der Waals surface area contributed by atoms with Crippen LogP contribution in [0, 0.1) is 0 Å². The summed E-state index contributed by atoms with van der Waals surface area (Å²) in [5.74, 6) is 0.457. The first-order valence-corrected chi connectivity index (χ1v) is 13.9. The van der Waals surface area contributed by atoms with Gasteiger partial charge in [-0.25, -0.2) is 4.79 Å². The number of carbonyl (C=O) groups excluding carboxylic acids is 1. The van der Waals surface area contributed by atoms with Gasteiger partial charge in [-0.15, -0.1) is 0 Å².